The molecule has 0 fully saturated rings. The summed E-state index contributed by atoms with van der Waals surface area (Å²) in [4.78, 5) is 4.61. The number of nitrogens with one attached hydrogen (secondary N) is 2. The van der Waals surface area contributed by atoms with E-state index in [1.807, 2.05) is 0 Å². The molecule has 0 bridgehead atoms. The van der Waals surface area contributed by atoms with Gasteiger partial charge in [-0.05, 0) is 38.5 Å². The summed E-state index contributed by atoms with van der Waals surface area (Å²) >= 11 is 5.73. The number of hydrogen-bond donors (Lipinski definition) is 2. The van der Waals surface area contributed by atoms with Crippen LogP contribution in [-0.4, -0.2) is 25.2 Å². The minimum Gasteiger partial charge on any atom is -0.335 e. The van der Waals surface area contributed by atoms with Crippen LogP contribution in [0.1, 0.15) is 59.8 Å². The fraction of sp³-hybridized carbons (Fsp3) is 1.00. The van der Waals surface area contributed by atoms with E-state index >= 15 is 0 Å². The zero-order valence-corrected chi connectivity index (χ0v) is 12.3. The Morgan fingerprint density at radius 3 is 1.88 bits per heavy atom. The van der Waals surface area contributed by atoms with E-state index in [1.54, 1.807) is 4.90 Å². The molecule has 98 valence electrons. The second kappa shape index (κ2) is 9.26. The molecule has 0 aliphatic carbocycles. The van der Waals surface area contributed by atoms with Gasteiger partial charge in [-0.2, -0.15) is 0 Å². The lowest BCUT2D eigenvalue weighted by Gasteiger charge is -2.26. The van der Waals surface area contributed by atoms with Crippen LogP contribution in [0.25, 0.3) is 0 Å². The van der Waals surface area contributed by atoms with Crippen molar-refractivity contribution in [2.24, 2.45) is 0 Å². The summed E-state index contributed by atoms with van der Waals surface area (Å²) in [5.41, 5.74) is 0.0607. The maximum absolute atomic E-state index is 5.73. The zero-order chi connectivity index (χ0) is 12.4. The number of quaternary nitrogens is 1. The third-order valence-corrected chi connectivity index (χ3v) is 3.64. The highest BCUT2D eigenvalue weighted by Gasteiger charge is 2.19. The van der Waals surface area contributed by atoms with Gasteiger partial charge in [0.1, 0.15) is 0 Å². The lowest BCUT2D eigenvalue weighted by molar-refractivity contribution is -0.901. The summed E-state index contributed by atoms with van der Waals surface area (Å²) in [6.45, 7) is 12.7. The van der Waals surface area contributed by atoms with Crippen molar-refractivity contribution < 1.29 is 4.90 Å². The Morgan fingerprint density at radius 1 is 1.00 bits per heavy atom. The minimum absolute atomic E-state index is 0.0607. The lowest BCUT2D eigenvalue weighted by atomic mass is 10.0. The van der Waals surface area contributed by atoms with Gasteiger partial charge in [0.2, 0.25) is 0 Å². The van der Waals surface area contributed by atoms with Gasteiger partial charge in [0.25, 0.3) is 0 Å². The molecular weight excluding hydrogens is 220 g/mol. The van der Waals surface area contributed by atoms with E-state index in [0.717, 1.165) is 6.42 Å². The zero-order valence-electron chi connectivity index (χ0n) is 11.5. The number of hydrogen-bond acceptors (Lipinski definition) is 1. The quantitative estimate of drug-likeness (QED) is 0.569. The standard InChI is InChI=1S/C13H29ClN2/c1-5-7-10-16(11-8-6-2)12-9-13(3,4)15-14/h15H,5-12H2,1-4H3/p+1. The highest BCUT2D eigenvalue weighted by Crippen LogP contribution is 2.06. The largest absolute Gasteiger partial charge is 0.335 e. The molecule has 0 radical (unpaired) electrons. The van der Waals surface area contributed by atoms with Crippen LogP contribution in [-0.2, 0) is 0 Å². The van der Waals surface area contributed by atoms with Crippen LogP contribution in [0.3, 0.4) is 0 Å². The van der Waals surface area contributed by atoms with E-state index in [1.165, 1.54) is 45.3 Å². The number of unbranched alkanes of at least 4 members (excludes halogenated alkanes) is 2. The Labute approximate surface area is 107 Å². The predicted octanol–water partition coefficient (Wildman–Crippen LogP) is 2.38. The average molecular weight is 250 g/mol. The van der Waals surface area contributed by atoms with Crippen molar-refractivity contribution in [1.82, 2.24) is 4.84 Å². The molecule has 0 heterocycles. The first-order valence-electron chi connectivity index (χ1n) is 6.77. The van der Waals surface area contributed by atoms with E-state index in [9.17, 15) is 0 Å². The summed E-state index contributed by atoms with van der Waals surface area (Å²) in [5, 5.41) is 0. The minimum atomic E-state index is 0.0607. The number of rotatable bonds is 10. The normalized spacial score (nSPS) is 12.4. The molecule has 0 rings (SSSR count). The fourth-order valence-electron chi connectivity index (χ4n) is 1.77. The van der Waals surface area contributed by atoms with Crippen molar-refractivity contribution in [2.45, 2.75) is 65.3 Å². The molecule has 16 heavy (non-hydrogen) atoms. The molecule has 0 aliphatic rings. The van der Waals surface area contributed by atoms with E-state index in [4.69, 9.17) is 11.8 Å². The van der Waals surface area contributed by atoms with Crippen LogP contribution in [0.15, 0.2) is 0 Å². The second-order valence-corrected chi connectivity index (χ2v) is 5.62. The van der Waals surface area contributed by atoms with Gasteiger partial charge in [-0.15, -0.1) is 0 Å². The molecular formula is C13H30ClN2+. The summed E-state index contributed by atoms with van der Waals surface area (Å²) < 4.78 is 0. The summed E-state index contributed by atoms with van der Waals surface area (Å²) in [7, 11) is 0. The van der Waals surface area contributed by atoms with Crippen molar-refractivity contribution >= 4 is 11.8 Å². The third kappa shape index (κ3) is 8.37. The van der Waals surface area contributed by atoms with Crippen LogP contribution in [0.4, 0.5) is 0 Å². The van der Waals surface area contributed by atoms with Crippen LogP contribution in [0, 0.1) is 0 Å². The van der Waals surface area contributed by atoms with Crippen molar-refractivity contribution in [3.05, 3.63) is 0 Å². The van der Waals surface area contributed by atoms with Crippen molar-refractivity contribution in [1.29, 1.82) is 0 Å². The fourth-order valence-corrected chi connectivity index (χ4v) is 1.86. The van der Waals surface area contributed by atoms with Crippen LogP contribution >= 0.6 is 11.8 Å². The third-order valence-electron chi connectivity index (χ3n) is 3.13. The first-order chi connectivity index (χ1) is 7.55. The molecule has 0 spiro atoms. The molecule has 2 nitrogen and oxygen atoms in total. The molecule has 0 aromatic rings. The predicted molar refractivity (Wildman–Crippen MR) is 73.1 cm³/mol. The maximum atomic E-state index is 5.73. The van der Waals surface area contributed by atoms with Gasteiger partial charge in [-0.3, -0.25) is 0 Å². The molecule has 0 saturated carbocycles. The molecule has 0 aliphatic heterocycles. The van der Waals surface area contributed by atoms with Gasteiger partial charge >= 0.3 is 0 Å². The molecule has 0 unspecified atom stereocenters. The Balaban J connectivity index is 3.89. The van der Waals surface area contributed by atoms with Crippen molar-refractivity contribution in [2.75, 3.05) is 19.6 Å². The second-order valence-electron chi connectivity index (χ2n) is 5.44. The van der Waals surface area contributed by atoms with Crippen LogP contribution < -0.4 is 9.74 Å². The first kappa shape index (κ1) is 16.2. The van der Waals surface area contributed by atoms with E-state index < -0.39 is 0 Å². The molecule has 0 saturated heterocycles. The molecule has 0 atom stereocenters. The van der Waals surface area contributed by atoms with Gasteiger partial charge < -0.3 is 4.90 Å². The topological polar surface area (TPSA) is 16.5 Å². The lowest BCUT2D eigenvalue weighted by Crippen LogP contribution is -3.12. The van der Waals surface area contributed by atoms with E-state index in [0.29, 0.717) is 0 Å². The van der Waals surface area contributed by atoms with Gasteiger partial charge in [-0.25, -0.2) is 4.84 Å². The van der Waals surface area contributed by atoms with Crippen LogP contribution in [0.5, 0.6) is 0 Å². The summed E-state index contributed by atoms with van der Waals surface area (Å²) in [6.07, 6.45) is 6.42. The van der Waals surface area contributed by atoms with E-state index in [2.05, 4.69) is 32.5 Å². The highest BCUT2D eigenvalue weighted by molar-refractivity contribution is 6.13. The van der Waals surface area contributed by atoms with Gasteiger partial charge in [0.15, 0.2) is 0 Å². The molecule has 0 aromatic heterocycles. The Bertz CT molecular complexity index is 152. The molecule has 0 aromatic carbocycles. The van der Waals surface area contributed by atoms with Gasteiger partial charge in [-0.1, -0.05) is 26.7 Å². The highest BCUT2D eigenvalue weighted by atomic mass is 35.5. The van der Waals surface area contributed by atoms with Crippen LogP contribution in [0.2, 0.25) is 0 Å². The summed E-state index contributed by atoms with van der Waals surface area (Å²) in [5.74, 6) is 0. The molecule has 0 amide bonds. The summed E-state index contributed by atoms with van der Waals surface area (Å²) in [6, 6.07) is 0. The Morgan fingerprint density at radius 2 is 1.50 bits per heavy atom. The molecule has 3 heteroatoms. The Kier molecular flexibility index (Phi) is 9.38. The maximum Gasteiger partial charge on any atom is 0.0789 e. The van der Waals surface area contributed by atoms with Gasteiger partial charge in [0, 0.05) is 12.0 Å². The SMILES string of the molecule is CCCC[NH+](CCCC)CCC(C)(C)NCl. The smallest absolute Gasteiger partial charge is 0.0789 e. The first-order valence-corrected chi connectivity index (χ1v) is 7.15. The average Bonchev–Trinajstić information content (AvgIpc) is 2.28. The van der Waals surface area contributed by atoms with E-state index in [-0.39, 0.29) is 5.54 Å². The van der Waals surface area contributed by atoms with Crippen molar-refractivity contribution in [3.8, 4) is 0 Å². The molecule has 2 N–H and O–H groups in total. The van der Waals surface area contributed by atoms with Crippen molar-refractivity contribution in [3.63, 3.8) is 0 Å². The monoisotopic (exact) mass is 249 g/mol. The van der Waals surface area contributed by atoms with Gasteiger partial charge in [0.05, 0.1) is 19.6 Å². The Hall–Kier alpha value is 0.210. The number of halogens is 1.